The van der Waals surface area contributed by atoms with Crippen LogP contribution in [0.3, 0.4) is 0 Å². The Balaban J connectivity index is 2.04. The average molecular weight is 242 g/mol. The lowest BCUT2D eigenvalue weighted by atomic mass is 10.2. The first-order chi connectivity index (χ1) is 8.79. The first kappa shape index (κ1) is 11.9. The second-order valence-electron chi connectivity index (χ2n) is 3.29. The molecule has 0 N–H and O–H groups in total. The van der Waals surface area contributed by atoms with E-state index in [1.165, 1.54) is 0 Å². The first-order valence-electron chi connectivity index (χ1n) is 5.38. The Morgan fingerprint density at radius 3 is 3.00 bits per heavy atom. The molecule has 0 saturated carbocycles. The van der Waals surface area contributed by atoms with E-state index in [2.05, 4.69) is 28.4 Å². The fraction of sp³-hybridized carbons (Fsp3) is 0.214. The predicted octanol–water partition coefficient (Wildman–Crippen LogP) is 1.33. The SMILES string of the molecule is CCOC(=O)C#CC#Cc1ccc2c(c1)OCO2. The van der Waals surface area contributed by atoms with Crippen LogP contribution in [0, 0.1) is 23.7 Å². The summed E-state index contributed by atoms with van der Waals surface area (Å²) in [6, 6.07) is 5.35. The van der Waals surface area contributed by atoms with Gasteiger partial charge in [-0.2, -0.15) is 0 Å². The van der Waals surface area contributed by atoms with E-state index in [1.54, 1.807) is 25.1 Å². The fourth-order valence-corrected chi connectivity index (χ4v) is 1.33. The maximum absolute atomic E-state index is 10.9. The minimum atomic E-state index is -0.572. The third kappa shape index (κ3) is 2.96. The number of ether oxygens (including phenoxy) is 3. The molecule has 0 atom stereocenters. The number of carbonyl (C=O) groups excluding carboxylic acids is 1. The highest BCUT2D eigenvalue weighted by Gasteiger charge is 2.12. The predicted molar refractivity (Wildman–Crippen MR) is 63.9 cm³/mol. The molecule has 0 fully saturated rings. The molecule has 0 saturated heterocycles. The summed E-state index contributed by atoms with van der Waals surface area (Å²) in [5.74, 6) is 10.9. The van der Waals surface area contributed by atoms with Gasteiger partial charge in [-0.3, -0.25) is 0 Å². The molecule has 0 spiro atoms. The Hall–Kier alpha value is -2.59. The zero-order chi connectivity index (χ0) is 12.8. The van der Waals surface area contributed by atoms with E-state index in [9.17, 15) is 4.79 Å². The standard InChI is InChI=1S/C14H10O4/c1-2-16-14(15)6-4-3-5-11-7-8-12-13(9-11)18-10-17-12/h7-9H,2,10H2,1H3. The number of hydrogen-bond donors (Lipinski definition) is 0. The summed E-state index contributed by atoms with van der Waals surface area (Å²) >= 11 is 0. The molecule has 1 heterocycles. The van der Waals surface area contributed by atoms with Gasteiger partial charge in [-0.05, 0) is 37.0 Å². The zero-order valence-corrected chi connectivity index (χ0v) is 9.78. The van der Waals surface area contributed by atoms with Crippen LogP contribution >= 0.6 is 0 Å². The van der Waals surface area contributed by atoms with E-state index in [4.69, 9.17) is 9.47 Å². The smallest absolute Gasteiger partial charge is 0.385 e. The van der Waals surface area contributed by atoms with Crippen LogP contribution in [-0.2, 0) is 9.53 Å². The van der Waals surface area contributed by atoms with Crippen molar-refractivity contribution in [3.8, 4) is 35.2 Å². The molecule has 1 aliphatic rings. The number of rotatable bonds is 1. The molecule has 1 aliphatic heterocycles. The van der Waals surface area contributed by atoms with Crippen molar-refractivity contribution in [1.82, 2.24) is 0 Å². The second kappa shape index (κ2) is 5.65. The van der Waals surface area contributed by atoms with Crippen LogP contribution in [-0.4, -0.2) is 19.4 Å². The summed E-state index contributed by atoms with van der Waals surface area (Å²) in [7, 11) is 0. The van der Waals surface area contributed by atoms with Gasteiger partial charge in [0.1, 0.15) is 0 Å². The molecular weight excluding hydrogens is 232 g/mol. The van der Waals surface area contributed by atoms with E-state index in [0.717, 1.165) is 5.56 Å². The lowest BCUT2D eigenvalue weighted by molar-refractivity contribution is -0.136. The van der Waals surface area contributed by atoms with Gasteiger partial charge in [0.2, 0.25) is 6.79 Å². The molecule has 0 bridgehead atoms. The Morgan fingerprint density at radius 1 is 1.33 bits per heavy atom. The lowest BCUT2D eigenvalue weighted by Crippen LogP contribution is -1.99. The lowest BCUT2D eigenvalue weighted by Gasteiger charge is -1.94. The van der Waals surface area contributed by atoms with Crippen LogP contribution in [0.5, 0.6) is 11.5 Å². The minimum absolute atomic E-state index is 0.231. The number of carbonyl (C=O) groups is 1. The van der Waals surface area contributed by atoms with Crippen molar-refractivity contribution >= 4 is 5.97 Å². The van der Waals surface area contributed by atoms with Crippen LogP contribution in [0.15, 0.2) is 18.2 Å². The van der Waals surface area contributed by atoms with Gasteiger partial charge in [-0.25, -0.2) is 4.79 Å². The Bertz CT molecular complexity index is 581. The maximum Gasteiger partial charge on any atom is 0.385 e. The highest BCUT2D eigenvalue weighted by atomic mass is 16.7. The van der Waals surface area contributed by atoms with Gasteiger partial charge in [0.25, 0.3) is 0 Å². The molecule has 4 heteroatoms. The summed E-state index contributed by atoms with van der Waals surface area (Å²) < 4.78 is 15.0. The molecule has 90 valence electrons. The molecule has 0 aliphatic carbocycles. The van der Waals surface area contributed by atoms with Crippen LogP contribution in [0.25, 0.3) is 0 Å². The Kier molecular flexibility index (Phi) is 3.73. The van der Waals surface area contributed by atoms with E-state index in [0.29, 0.717) is 18.1 Å². The molecule has 4 nitrogen and oxygen atoms in total. The van der Waals surface area contributed by atoms with Gasteiger partial charge in [-0.15, -0.1) is 0 Å². The highest BCUT2D eigenvalue weighted by molar-refractivity contribution is 5.89. The molecule has 18 heavy (non-hydrogen) atoms. The van der Waals surface area contributed by atoms with Crippen molar-refractivity contribution in [3.05, 3.63) is 23.8 Å². The third-order valence-electron chi connectivity index (χ3n) is 2.08. The Labute approximate surface area is 105 Å². The summed E-state index contributed by atoms with van der Waals surface area (Å²) in [4.78, 5) is 10.9. The van der Waals surface area contributed by atoms with Crippen molar-refractivity contribution < 1.29 is 19.0 Å². The molecule has 0 radical (unpaired) electrons. The summed E-state index contributed by atoms with van der Waals surface area (Å²) in [6.07, 6.45) is 0. The minimum Gasteiger partial charge on any atom is -0.456 e. The highest BCUT2D eigenvalue weighted by Crippen LogP contribution is 2.32. The maximum atomic E-state index is 10.9. The van der Waals surface area contributed by atoms with Crippen molar-refractivity contribution in [3.63, 3.8) is 0 Å². The van der Waals surface area contributed by atoms with Crippen molar-refractivity contribution in [1.29, 1.82) is 0 Å². The summed E-state index contributed by atoms with van der Waals surface area (Å²) in [5, 5.41) is 0. The topological polar surface area (TPSA) is 44.8 Å². The average Bonchev–Trinajstić information content (AvgIpc) is 2.82. The number of benzene rings is 1. The van der Waals surface area contributed by atoms with E-state index < -0.39 is 5.97 Å². The van der Waals surface area contributed by atoms with E-state index >= 15 is 0 Å². The van der Waals surface area contributed by atoms with Gasteiger partial charge < -0.3 is 14.2 Å². The van der Waals surface area contributed by atoms with Gasteiger partial charge in [0.05, 0.1) is 6.61 Å². The number of fused-ring (bicyclic) bond motifs is 1. The number of hydrogen-bond acceptors (Lipinski definition) is 4. The van der Waals surface area contributed by atoms with Crippen LogP contribution < -0.4 is 9.47 Å². The Morgan fingerprint density at radius 2 is 2.17 bits per heavy atom. The molecule has 0 aromatic heterocycles. The fourth-order valence-electron chi connectivity index (χ4n) is 1.33. The van der Waals surface area contributed by atoms with Crippen LogP contribution in [0.1, 0.15) is 12.5 Å². The molecule has 0 amide bonds. The summed E-state index contributed by atoms with van der Waals surface area (Å²) in [5.41, 5.74) is 0.748. The van der Waals surface area contributed by atoms with E-state index in [1.807, 2.05) is 0 Å². The molecular formula is C14H10O4. The molecule has 0 unspecified atom stereocenters. The second-order valence-corrected chi connectivity index (χ2v) is 3.29. The quantitative estimate of drug-likeness (QED) is 0.423. The third-order valence-corrected chi connectivity index (χ3v) is 2.08. The van der Waals surface area contributed by atoms with Crippen molar-refractivity contribution in [2.24, 2.45) is 0 Å². The zero-order valence-electron chi connectivity index (χ0n) is 9.78. The van der Waals surface area contributed by atoms with Crippen LogP contribution in [0.2, 0.25) is 0 Å². The van der Waals surface area contributed by atoms with Gasteiger partial charge >= 0.3 is 5.97 Å². The van der Waals surface area contributed by atoms with E-state index in [-0.39, 0.29) is 6.79 Å². The molecule has 2 rings (SSSR count). The first-order valence-corrected chi connectivity index (χ1v) is 5.38. The summed E-state index contributed by atoms with van der Waals surface area (Å²) in [6.45, 7) is 2.26. The van der Waals surface area contributed by atoms with Gasteiger partial charge in [-0.1, -0.05) is 5.92 Å². The largest absolute Gasteiger partial charge is 0.456 e. The van der Waals surface area contributed by atoms with Crippen LogP contribution in [0.4, 0.5) is 0 Å². The monoisotopic (exact) mass is 242 g/mol. The molecule has 1 aromatic carbocycles. The van der Waals surface area contributed by atoms with Gasteiger partial charge in [0.15, 0.2) is 11.5 Å². The van der Waals surface area contributed by atoms with Crippen molar-refractivity contribution in [2.75, 3.05) is 13.4 Å². The number of esters is 1. The normalized spacial score (nSPS) is 10.7. The van der Waals surface area contributed by atoms with Crippen molar-refractivity contribution in [2.45, 2.75) is 6.92 Å². The molecule has 1 aromatic rings. The van der Waals surface area contributed by atoms with Gasteiger partial charge in [0, 0.05) is 11.5 Å².